The van der Waals surface area contributed by atoms with E-state index in [1.165, 1.54) is 24.6 Å². The Balaban J connectivity index is 2.33. The minimum absolute atomic E-state index is 0.136. The molecular weight excluding hydrogens is 388 g/mol. The van der Waals surface area contributed by atoms with Gasteiger partial charge in [-0.05, 0) is 6.92 Å². The molecule has 1 aromatic heterocycles. The smallest absolute Gasteiger partial charge is 0.330 e. The maximum Gasteiger partial charge on any atom is 0.330 e. The molecule has 0 bridgehead atoms. The SMILES string of the molecule is CC(=O)OC[C@H]1O[C@@H](n2cc(C)c(=O)[nH]c2=O)C(Br)C1OC(C)=O. The first-order chi connectivity index (χ1) is 11.2. The quantitative estimate of drug-likeness (QED) is 0.554. The topological polar surface area (TPSA) is 117 Å². The molecule has 2 unspecified atom stereocenters. The molecule has 1 aliphatic heterocycles. The van der Waals surface area contributed by atoms with E-state index < -0.39 is 46.5 Å². The minimum Gasteiger partial charge on any atom is -0.463 e. The second-order valence-corrected chi connectivity index (χ2v) is 6.42. The Bertz CT molecular complexity index is 756. The average Bonchev–Trinajstić information content (AvgIpc) is 2.77. The van der Waals surface area contributed by atoms with E-state index in [1.807, 2.05) is 0 Å². The molecule has 0 saturated carbocycles. The van der Waals surface area contributed by atoms with Crippen LogP contribution in [0.15, 0.2) is 15.8 Å². The first-order valence-corrected chi connectivity index (χ1v) is 8.04. The number of alkyl halides is 1. The van der Waals surface area contributed by atoms with Crippen LogP contribution in [0.4, 0.5) is 0 Å². The first-order valence-electron chi connectivity index (χ1n) is 7.13. The number of hydrogen-bond donors (Lipinski definition) is 1. The van der Waals surface area contributed by atoms with Crippen LogP contribution >= 0.6 is 15.9 Å². The molecule has 2 heterocycles. The fourth-order valence-corrected chi connectivity index (χ4v) is 3.19. The molecule has 1 N–H and O–H groups in total. The van der Waals surface area contributed by atoms with Gasteiger partial charge in [-0.15, -0.1) is 0 Å². The summed E-state index contributed by atoms with van der Waals surface area (Å²) in [6.07, 6.45) is -1.02. The Morgan fingerprint density at radius 3 is 2.58 bits per heavy atom. The molecule has 1 aliphatic rings. The summed E-state index contributed by atoms with van der Waals surface area (Å²) in [7, 11) is 0. The number of H-pyrrole nitrogens is 1. The summed E-state index contributed by atoms with van der Waals surface area (Å²) in [5.74, 6) is -1.04. The van der Waals surface area contributed by atoms with Gasteiger partial charge in [0.2, 0.25) is 0 Å². The van der Waals surface area contributed by atoms with Crippen LogP contribution in [0.2, 0.25) is 0 Å². The average molecular weight is 405 g/mol. The predicted octanol–water partition coefficient (Wildman–Crippen LogP) is 0.000720. The molecule has 0 radical (unpaired) electrons. The van der Waals surface area contributed by atoms with Crippen molar-refractivity contribution in [1.29, 1.82) is 0 Å². The van der Waals surface area contributed by atoms with E-state index in [-0.39, 0.29) is 6.61 Å². The highest BCUT2D eigenvalue weighted by molar-refractivity contribution is 9.09. The summed E-state index contributed by atoms with van der Waals surface area (Å²) >= 11 is 3.37. The second-order valence-electron chi connectivity index (χ2n) is 5.36. The lowest BCUT2D eigenvalue weighted by molar-refractivity contribution is -0.155. The summed E-state index contributed by atoms with van der Waals surface area (Å²) in [6, 6.07) is 0. The number of nitrogens with zero attached hydrogens (tertiary/aromatic N) is 1. The molecule has 0 spiro atoms. The molecular formula is C14H17BrN2O7. The van der Waals surface area contributed by atoms with Crippen LogP contribution in [-0.4, -0.2) is 45.1 Å². The van der Waals surface area contributed by atoms with E-state index in [0.717, 1.165) is 0 Å². The Kier molecular flexibility index (Phi) is 5.60. The molecule has 1 saturated heterocycles. The van der Waals surface area contributed by atoms with Gasteiger partial charge in [-0.2, -0.15) is 0 Å². The third-order valence-electron chi connectivity index (χ3n) is 3.44. The zero-order valence-corrected chi connectivity index (χ0v) is 14.9. The van der Waals surface area contributed by atoms with E-state index in [4.69, 9.17) is 14.2 Å². The lowest BCUT2D eigenvalue weighted by Crippen LogP contribution is -2.37. The molecule has 0 amide bonds. The largest absolute Gasteiger partial charge is 0.463 e. The lowest BCUT2D eigenvalue weighted by Gasteiger charge is -2.19. The summed E-state index contributed by atoms with van der Waals surface area (Å²) in [4.78, 5) is 47.5. The number of aryl methyl sites for hydroxylation is 1. The lowest BCUT2D eigenvalue weighted by atomic mass is 10.2. The van der Waals surface area contributed by atoms with E-state index in [2.05, 4.69) is 20.9 Å². The van der Waals surface area contributed by atoms with Gasteiger partial charge >= 0.3 is 17.6 Å². The van der Waals surface area contributed by atoms with E-state index >= 15 is 0 Å². The van der Waals surface area contributed by atoms with Crippen LogP contribution in [0.5, 0.6) is 0 Å². The van der Waals surface area contributed by atoms with Crippen molar-refractivity contribution < 1.29 is 23.8 Å². The second kappa shape index (κ2) is 7.31. The summed E-state index contributed by atoms with van der Waals surface area (Å²) in [6.45, 7) is 3.90. The van der Waals surface area contributed by atoms with Gasteiger partial charge in [0, 0.05) is 25.6 Å². The Morgan fingerprint density at radius 1 is 1.33 bits per heavy atom. The van der Waals surface area contributed by atoms with Gasteiger partial charge in [0.05, 0.1) is 4.83 Å². The van der Waals surface area contributed by atoms with E-state index in [0.29, 0.717) is 5.56 Å². The van der Waals surface area contributed by atoms with Gasteiger partial charge in [0.15, 0.2) is 6.23 Å². The molecule has 132 valence electrons. The number of carbonyl (C=O) groups is 2. The molecule has 0 aliphatic carbocycles. The zero-order chi connectivity index (χ0) is 18.0. The molecule has 10 heteroatoms. The van der Waals surface area contributed by atoms with Crippen molar-refractivity contribution in [1.82, 2.24) is 9.55 Å². The van der Waals surface area contributed by atoms with Crippen molar-refractivity contribution in [2.45, 2.75) is 44.0 Å². The Labute approximate surface area is 145 Å². The molecule has 2 rings (SSSR count). The number of hydrogen-bond acceptors (Lipinski definition) is 7. The maximum atomic E-state index is 12.0. The molecule has 9 nitrogen and oxygen atoms in total. The third-order valence-corrected chi connectivity index (χ3v) is 4.41. The standard InChI is InChI=1S/C14H17BrN2O7/c1-6-4-17(14(21)16-12(6)20)13-10(15)11(23-8(3)19)9(24-13)5-22-7(2)18/h4,9-11,13H,5H2,1-3H3,(H,16,20,21)/t9-,10?,11?,13-/m1/s1. The van der Waals surface area contributed by atoms with Crippen molar-refractivity contribution >= 4 is 27.9 Å². The number of rotatable bonds is 4. The highest BCUT2D eigenvalue weighted by Crippen LogP contribution is 2.36. The number of halogens is 1. The summed E-state index contributed by atoms with van der Waals surface area (Å²) < 4.78 is 17.1. The predicted molar refractivity (Wildman–Crippen MR) is 84.9 cm³/mol. The fourth-order valence-electron chi connectivity index (χ4n) is 2.36. The van der Waals surface area contributed by atoms with Crippen molar-refractivity contribution in [2.24, 2.45) is 0 Å². The third kappa shape index (κ3) is 3.93. The van der Waals surface area contributed by atoms with E-state index in [1.54, 1.807) is 6.92 Å². The first kappa shape index (κ1) is 18.4. The van der Waals surface area contributed by atoms with Gasteiger partial charge in [0.25, 0.3) is 5.56 Å². The molecule has 4 atom stereocenters. The van der Waals surface area contributed by atoms with Gasteiger partial charge in [-0.3, -0.25) is 23.9 Å². The van der Waals surface area contributed by atoms with Crippen LogP contribution in [-0.2, 0) is 23.8 Å². The van der Waals surface area contributed by atoms with Crippen LogP contribution in [0.25, 0.3) is 0 Å². The highest BCUT2D eigenvalue weighted by Gasteiger charge is 2.47. The van der Waals surface area contributed by atoms with Gasteiger partial charge in [-0.1, -0.05) is 15.9 Å². The fraction of sp³-hybridized carbons (Fsp3) is 0.571. The van der Waals surface area contributed by atoms with Crippen LogP contribution < -0.4 is 11.2 Å². The van der Waals surface area contributed by atoms with Crippen LogP contribution in [0.3, 0.4) is 0 Å². The normalized spacial score (nSPS) is 26.2. The van der Waals surface area contributed by atoms with Crippen LogP contribution in [0.1, 0.15) is 25.6 Å². The van der Waals surface area contributed by atoms with Gasteiger partial charge in [0.1, 0.15) is 18.8 Å². The molecule has 24 heavy (non-hydrogen) atoms. The number of nitrogens with one attached hydrogen (secondary N) is 1. The Hall–Kier alpha value is -1.94. The van der Waals surface area contributed by atoms with Gasteiger partial charge < -0.3 is 14.2 Å². The molecule has 1 fully saturated rings. The minimum atomic E-state index is -0.849. The number of esters is 2. The monoisotopic (exact) mass is 404 g/mol. The summed E-state index contributed by atoms with van der Waals surface area (Å²) in [5, 5.41) is 0. The number of aromatic nitrogens is 2. The van der Waals surface area contributed by atoms with Crippen LogP contribution in [0, 0.1) is 6.92 Å². The number of carbonyl (C=O) groups excluding carboxylic acids is 2. The molecule has 1 aromatic rings. The maximum absolute atomic E-state index is 12.0. The Morgan fingerprint density at radius 2 is 2.00 bits per heavy atom. The van der Waals surface area contributed by atoms with Crippen molar-refractivity contribution in [3.05, 3.63) is 32.6 Å². The van der Waals surface area contributed by atoms with Crippen molar-refractivity contribution in [3.63, 3.8) is 0 Å². The molecule has 0 aromatic carbocycles. The number of aromatic amines is 1. The van der Waals surface area contributed by atoms with Gasteiger partial charge in [-0.25, -0.2) is 4.79 Å². The highest BCUT2D eigenvalue weighted by atomic mass is 79.9. The van der Waals surface area contributed by atoms with Crippen molar-refractivity contribution in [2.75, 3.05) is 6.61 Å². The summed E-state index contributed by atoms with van der Waals surface area (Å²) in [5.41, 5.74) is -0.825. The van der Waals surface area contributed by atoms with E-state index in [9.17, 15) is 19.2 Å². The number of ether oxygens (including phenoxy) is 3. The zero-order valence-electron chi connectivity index (χ0n) is 13.3. The van der Waals surface area contributed by atoms with Crippen molar-refractivity contribution in [3.8, 4) is 0 Å².